The highest BCUT2D eigenvalue weighted by Gasteiger charge is 2.11. The number of nitrogens with one attached hydrogen (secondary N) is 1. The van der Waals surface area contributed by atoms with Crippen molar-refractivity contribution < 1.29 is 14.1 Å². The van der Waals surface area contributed by atoms with Crippen LogP contribution in [0.1, 0.15) is 45.8 Å². The zero-order valence-electron chi connectivity index (χ0n) is 15.9. The number of hydrogen-bond donors (Lipinski definition) is 1. The van der Waals surface area contributed by atoms with Crippen LogP contribution in [0.15, 0.2) is 59.1 Å². The van der Waals surface area contributed by atoms with Crippen molar-refractivity contribution >= 4 is 5.91 Å². The van der Waals surface area contributed by atoms with E-state index in [9.17, 15) is 4.79 Å². The summed E-state index contributed by atoms with van der Waals surface area (Å²) in [4.78, 5) is 12.4. The van der Waals surface area contributed by atoms with Crippen molar-refractivity contribution in [1.29, 1.82) is 0 Å². The minimum atomic E-state index is -0.0879. The Hall–Kier alpha value is -3.08. The summed E-state index contributed by atoms with van der Waals surface area (Å²) >= 11 is 0. The van der Waals surface area contributed by atoms with Crippen molar-refractivity contribution in [2.45, 2.75) is 33.3 Å². The second-order valence-electron chi connectivity index (χ2n) is 6.64. The number of amides is 1. The molecular weight excluding hydrogens is 340 g/mol. The van der Waals surface area contributed by atoms with E-state index in [-0.39, 0.29) is 11.8 Å². The van der Waals surface area contributed by atoms with Gasteiger partial charge in [-0.25, -0.2) is 0 Å². The van der Waals surface area contributed by atoms with Crippen molar-refractivity contribution in [3.63, 3.8) is 0 Å². The number of nitrogens with zero attached hydrogens (tertiary/aromatic N) is 1. The molecule has 1 heterocycles. The van der Waals surface area contributed by atoms with Crippen LogP contribution in [-0.2, 0) is 6.61 Å². The van der Waals surface area contributed by atoms with E-state index in [1.807, 2.05) is 32.0 Å². The van der Waals surface area contributed by atoms with Crippen molar-refractivity contribution in [3.8, 4) is 5.75 Å². The molecular formula is C22H24N2O3. The average Bonchev–Trinajstić information content (AvgIpc) is 3.03. The van der Waals surface area contributed by atoms with Gasteiger partial charge in [0, 0.05) is 12.1 Å². The van der Waals surface area contributed by atoms with Gasteiger partial charge in [0.05, 0.1) is 11.3 Å². The van der Waals surface area contributed by atoms with Crippen molar-refractivity contribution in [2.24, 2.45) is 0 Å². The lowest BCUT2D eigenvalue weighted by Crippen LogP contribution is -2.27. The maximum absolute atomic E-state index is 12.4. The first-order valence-corrected chi connectivity index (χ1v) is 9.02. The monoisotopic (exact) mass is 364 g/mol. The van der Waals surface area contributed by atoms with E-state index in [0.717, 1.165) is 17.0 Å². The quantitative estimate of drug-likeness (QED) is 0.675. The van der Waals surface area contributed by atoms with E-state index in [0.29, 0.717) is 24.5 Å². The molecule has 1 atom stereocenters. The zero-order valence-corrected chi connectivity index (χ0v) is 15.9. The summed E-state index contributed by atoms with van der Waals surface area (Å²) in [5.74, 6) is 1.63. The predicted octanol–water partition coefficient (Wildman–Crippen LogP) is 4.40. The van der Waals surface area contributed by atoms with E-state index < -0.39 is 0 Å². The molecule has 27 heavy (non-hydrogen) atoms. The second-order valence-corrected chi connectivity index (χ2v) is 6.64. The molecule has 0 saturated carbocycles. The summed E-state index contributed by atoms with van der Waals surface area (Å²) in [5, 5.41) is 6.90. The third-order valence-corrected chi connectivity index (χ3v) is 4.62. The van der Waals surface area contributed by atoms with Crippen LogP contribution in [0.4, 0.5) is 0 Å². The Balaban J connectivity index is 1.53. The summed E-state index contributed by atoms with van der Waals surface area (Å²) in [6.45, 7) is 6.83. The summed E-state index contributed by atoms with van der Waals surface area (Å²) in [6.07, 6.45) is 0. The fourth-order valence-electron chi connectivity index (χ4n) is 2.81. The minimum Gasteiger partial charge on any atom is -0.489 e. The van der Waals surface area contributed by atoms with E-state index in [1.165, 1.54) is 5.56 Å². The number of aromatic nitrogens is 1. The molecule has 1 N–H and O–H groups in total. The molecule has 3 rings (SSSR count). The van der Waals surface area contributed by atoms with Gasteiger partial charge in [-0.3, -0.25) is 4.79 Å². The van der Waals surface area contributed by atoms with Crippen LogP contribution in [0.3, 0.4) is 0 Å². The zero-order chi connectivity index (χ0) is 19.2. The van der Waals surface area contributed by atoms with Gasteiger partial charge in [-0.1, -0.05) is 42.4 Å². The van der Waals surface area contributed by atoms with Gasteiger partial charge in [-0.15, -0.1) is 0 Å². The molecule has 0 bridgehead atoms. The van der Waals surface area contributed by atoms with Crippen LogP contribution >= 0.6 is 0 Å². The molecule has 5 nitrogen and oxygen atoms in total. The Bertz CT molecular complexity index is 866. The molecule has 1 aromatic heterocycles. The predicted molar refractivity (Wildman–Crippen MR) is 104 cm³/mol. The number of benzene rings is 2. The highest BCUT2D eigenvalue weighted by atomic mass is 16.5. The molecule has 0 fully saturated rings. The molecule has 2 aromatic carbocycles. The Morgan fingerprint density at radius 2 is 1.81 bits per heavy atom. The molecule has 0 saturated heterocycles. The Labute approximate surface area is 159 Å². The number of ether oxygens (including phenoxy) is 1. The summed E-state index contributed by atoms with van der Waals surface area (Å²) in [6, 6.07) is 17.3. The van der Waals surface area contributed by atoms with Gasteiger partial charge < -0.3 is 14.6 Å². The van der Waals surface area contributed by atoms with E-state index in [1.54, 1.807) is 24.3 Å². The van der Waals surface area contributed by atoms with Gasteiger partial charge in [0.1, 0.15) is 18.1 Å². The fourth-order valence-corrected chi connectivity index (χ4v) is 2.81. The molecule has 0 aliphatic rings. The lowest BCUT2D eigenvalue weighted by atomic mass is 10.0. The number of rotatable bonds is 7. The normalized spacial score (nSPS) is 11.8. The molecule has 0 aliphatic carbocycles. The average molecular weight is 364 g/mol. The van der Waals surface area contributed by atoms with Crippen LogP contribution in [0.25, 0.3) is 0 Å². The minimum absolute atomic E-state index is 0.0879. The molecule has 0 spiro atoms. The molecule has 3 aromatic rings. The van der Waals surface area contributed by atoms with Crippen molar-refractivity contribution in [3.05, 3.63) is 82.7 Å². The van der Waals surface area contributed by atoms with Gasteiger partial charge in [0.25, 0.3) is 5.91 Å². The number of carbonyl (C=O) groups excluding carboxylic acids is 1. The van der Waals surface area contributed by atoms with Crippen LogP contribution in [0.2, 0.25) is 0 Å². The first-order valence-electron chi connectivity index (χ1n) is 9.02. The van der Waals surface area contributed by atoms with Crippen molar-refractivity contribution in [2.75, 3.05) is 6.54 Å². The lowest BCUT2D eigenvalue weighted by Gasteiger charge is -2.13. The van der Waals surface area contributed by atoms with Crippen LogP contribution in [0.5, 0.6) is 5.75 Å². The third-order valence-electron chi connectivity index (χ3n) is 4.62. The first-order chi connectivity index (χ1) is 13.0. The molecule has 0 aliphatic heterocycles. The lowest BCUT2D eigenvalue weighted by molar-refractivity contribution is 0.0951. The Kier molecular flexibility index (Phi) is 5.91. The summed E-state index contributed by atoms with van der Waals surface area (Å²) < 4.78 is 10.9. The molecule has 140 valence electrons. The highest BCUT2D eigenvalue weighted by Crippen LogP contribution is 2.18. The fraction of sp³-hybridized carbons (Fsp3) is 0.273. The molecule has 1 amide bonds. The largest absolute Gasteiger partial charge is 0.489 e. The Morgan fingerprint density at radius 1 is 1.11 bits per heavy atom. The molecule has 5 heteroatoms. The van der Waals surface area contributed by atoms with Crippen LogP contribution in [-0.4, -0.2) is 17.6 Å². The standard InChI is InChI=1S/C22H24N2O3/c1-15(18-7-5-4-6-8-18)13-23-22(25)19-9-11-20(12-10-19)26-14-21-16(2)24-27-17(21)3/h4-12,15H,13-14H2,1-3H3,(H,23,25). The van der Waals surface area contributed by atoms with Gasteiger partial charge in [0.2, 0.25) is 0 Å². The second kappa shape index (κ2) is 8.54. The van der Waals surface area contributed by atoms with E-state index in [4.69, 9.17) is 9.26 Å². The Morgan fingerprint density at radius 3 is 2.44 bits per heavy atom. The van der Waals surface area contributed by atoms with E-state index >= 15 is 0 Å². The van der Waals surface area contributed by atoms with Crippen molar-refractivity contribution in [1.82, 2.24) is 10.5 Å². The molecule has 1 unspecified atom stereocenters. The maximum atomic E-state index is 12.4. The topological polar surface area (TPSA) is 64.4 Å². The number of carbonyl (C=O) groups is 1. The summed E-state index contributed by atoms with van der Waals surface area (Å²) in [7, 11) is 0. The number of aryl methyl sites for hydroxylation is 2. The molecule has 0 radical (unpaired) electrons. The summed E-state index contributed by atoms with van der Waals surface area (Å²) in [5.41, 5.74) is 3.60. The first kappa shape index (κ1) is 18.7. The van der Waals surface area contributed by atoms with E-state index in [2.05, 4.69) is 29.5 Å². The van der Waals surface area contributed by atoms with Gasteiger partial charge >= 0.3 is 0 Å². The van der Waals surface area contributed by atoms with Crippen LogP contribution in [0, 0.1) is 13.8 Å². The maximum Gasteiger partial charge on any atom is 0.251 e. The highest BCUT2D eigenvalue weighted by molar-refractivity contribution is 5.94. The SMILES string of the molecule is Cc1noc(C)c1COc1ccc(C(=O)NCC(C)c2ccccc2)cc1. The smallest absolute Gasteiger partial charge is 0.251 e. The van der Waals surface area contributed by atoms with Crippen LogP contribution < -0.4 is 10.1 Å². The van der Waals surface area contributed by atoms with Gasteiger partial charge in [0.15, 0.2) is 0 Å². The van der Waals surface area contributed by atoms with Gasteiger partial charge in [-0.05, 0) is 49.6 Å². The third kappa shape index (κ3) is 4.76. The van der Waals surface area contributed by atoms with Gasteiger partial charge in [-0.2, -0.15) is 0 Å². The number of hydrogen-bond acceptors (Lipinski definition) is 4.